The molecule has 0 amide bonds. The van der Waals surface area contributed by atoms with E-state index in [2.05, 4.69) is 0 Å². The molecule has 0 saturated carbocycles. The van der Waals surface area contributed by atoms with Crippen LogP contribution in [0.1, 0.15) is 33.6 Å². The minimum absolute atomic E-state index is 0.191. The second-order valence-electron chi connectivity index (χ2n) is 4.24. The number of rotatable bonds is 6. The van der Waals surface area contributed by atoms with Crippen molar-refractivity contribution in [3.8, 4) is 0 Å². The molecule has 0 radical (unpaired) electrons. The molecule has 0 bridgehead atoms. The van der Waals surface area contributed by atoms with Crippen LogP contribution in [0.4, 0.5) is 0 Å². The monoisotopic (exact) mass is 223 g/mol. The summed E-state index contributed by atoms with van der Waals surface area (Å²) in [5.74, 6) is 0.243. The van der Waals surface area contributed by atoms with Gasteiger partial charge in [-0.15, -0.1) is 0 Å². The molecule has 86 valence electrons. The third-order valence-corrected chi connectivity index (χ3v) is 3.88. The lowest BCUT2D eigenvalue weighted by Crippen LogP contribution is -2.32. The molecule has 0 saturated heterocycles. The second-order valence-corrected chi connectivity index (χ2v) is 5.87. The van der Waals surface area contributed by atoms with Crippen molar-refractivity contribution in [1.29, 1.82) is 0 Å². The average molecular weight is 223 g/mol. The van der Waals surface area contributed by atoms with Crippen molar-refractivity contribution in [3.63, 3.8) is 0 Å². The van der Waals surface area contributed by atoms with Gasteiger partial charge in [0.1, 0.15) is 0 Å². The van der Waals surface area contributed by atoms with Crippen LogP contribution in [-0.2, 0) is 10.1 Å². The van der Waals surface area contributed by atoms with E-state index in [0.717, 1.165) is 6.42 Å². The van der Waals surface area contributed by atoms with Crippen LogP contribution in [0.5, 0.6) is 0 Å². The zero-order chi connectivity index (χ0) is 11.4. The molecule has 4 nitrogen and oxygen atoms in total. The van der Waals surface area contributed by atoms with Gasteiger partial charge >= 0.3 is 0 Å². The van der Waals surface area contributed by atoms with Crippen molar-refractivity contribution in [2.75, 3.05) is 6.54 Å². The van der Waals surface area contributed by atoms with Gasteiger partial charge in [-0.2, -0.15) is 8.42 Å². The summed E-state index contributed by atoms with van der Waals surface area (Å²) in [6, 6.07) is 0. The van der Waals surface area contributed by atoms with Gasteiger partial charge in [0.25, 0.3) is 10.1 Å². The van der Waals surface area contributed by atoms with Crippen LogP contribution in [0.3, 0.4) is 0 Å². The lowest BCUT2D eigenvalue weighted by molar-refractivity contribution is 0.406. The van der Waals surface area contributed by atoms with Crippen LogP contribution in [0, 0.1) is 11.8 Å². The number of hydrogen-bond acceptors (Lipinski definition) is 3. The fraction of sp³-hybridized carbons (Fsp3) is 1.00. The first-order chi connectivity index (χ1) is 6.29. The summed E-state index contributed by atoms with van der Waals surface area (Å²) in [6.45, 7) is 6.07. The zero-order valence-electron chi connectivity index (χ0n) is 9.10. The molecule has 5 heteroatoms. The Balaban J connectivity index is 4.42. The molecular weight excluding hydrogens is 202 g/mol. The second kappa shape index (κ2) is 5.68. The van der Waals surface area contributed by atoms with E-state index in [0.29, 0.717) is 12.3 Å². The van der Waals surface area contributed by atoms with Gasteiger partial charge in [0.2, 0.25) is 0 Å². The molecule has 14 heavy (non-hydrogen) atoms. The average Bonchev–Trinajstić information content (AvgIpc) is 2.01. The summed E-state index contributed by atoms with van der Waals surface area (Å²) >= 11 is 0. The molecule has 0 aromatic carbocycles. The highest BCUT2D eigenvalue weighted by atomic mass is 32.2. The Morgan fingerprint density at radius 1 is 1.21 bits per heavy atom. The SMILES string of the molecule is CC(C)CCC(C(C)CN)S(=O)(=O)O. The maximum atomic E-state index is 11.0. The number of nitrogens with two attached hydrogens (primary N) is 1. The fourth-order valence-corrected chi connectivity index (χ4v) is 2.51. The fourth-order valence-electron chi connectivity index (χ4n) is 1.38. The van der Waals surface area contributed by atoms with Crippen LogP contribution in [0.15, 0.2) is 0 Å². The molecule has 0 spiro atoms. The predicted molar refractivity (Wildman–Crippen MR) is 57.6 cm³/mol. The van der Waals surface area contributed by atoms with E-state index in [-0.39, 0.29) is 12.5 Å². The molecule has 0 aromatic rings. The first-order valence-corrected chi connectivity index (χ1v) is 6.45. The van der Waals surface area contributed by atoms with E-state index in [1.54, 1.807) is 6.92 Å². The molecule has 2 atom stereocenters. The Morgan fingerprint density at radius 2 is 1.71 bits per heavy atom. The molecule has 0 rings (SSSR count). The largest absolute Gasteiger partial charge is 0.330 e. The quantitative estimate of drug-likeness (QED) is 0.665. The van der Waals surface area contributed by atoms with E-state index in [4.69, 9.17) is 10.3 Å². The van der Waals surface area contributed by atoms with Crippen molar-refractivity contribution in [2.45, 2.75) is 38.9 Å². The smallest absolute Gasteiger partial charge is 0.268 e. The Bertz CT molecular complexity index is 249. The molecule has 3 N–H and O–H groups in total. The van der Waals surface area contributed by atoms with Gasteiger partial charge in [0.05, 0.1) is 5.25 Å². The van der Waals surface area contributed by atoms with Gasteiger partial charge in [-0.05, 0) is 31.2 Å². The van der Waals surface area contributed by atoms with E-state index < -0.39 is 15.4 Å². The molecule has 2 unspecified atom stereocenters. The molecule has 0 aromatic heterocycles. The van der Waals surface area contributed by atoms with Crippen molar-refractivity contribution < 1.29 is 13.0 Å². The van der Waals surface area contributed by atoms with Crippen LogP contribution in [0.25, 0.3) is 0 Å². The van der Waals surface area contributed by atoms with Gasteiger partial charge in [-0.3, -0.25) is 4.55 Å². The van der Waals surface area contributed by atoms with Crippen molar-refractivity contribution in [2.24, 2.45) is 17.6 Å². The summed E-state index contributed by atoms with van der Waals surface area (Å²) < 4.78 is 31.1. The lowest BCUT2D eigenvalue weighted by Gasteiger charge is -2.20. The topological polar surface area (TPSA) is 80.4 Å². The van der Waals surface area contributed by atoms with Crippen LogP contribution in [0.2, 0.25) is 0 Å². The van der Waals surface area contributed by atoms with Gasteiger partial charge in [-0.25, -0.2) is 0 Å². The highest BCUT2D eigenvalue weighted by Crippen LogP contribution is 2.19. The van der Waals surface area contributed by atoms with Gasteiger partial charge in [0.15, 0.2) is 0 Å². The third-order valence-electron chi connectivity index (χ3n) is 2.42. The summed E-state index contributed by atoms with van der Waals surface area (Å²) in [5, 5.41) is -0.713. The Kier molecular flexibility index (Phi) is 5.63. The standard InChI is InChI=1S/C9H21NO3S/c1-7(2)4-5-9(8(3)6-10)14(11,12)13/h7-9H,4-6,10H2,1-3H3,(H,11,12,13). The van der Waals surface area contributed by atoms with Crippen LogP contribution in [-0.4, -0.2) is 24.8 Å². The molecule has 0 aliphatic carbocycles. The predicted octanol–water partition coefficient (Wildman–Crippen LogP) is 1.27. The van der Waals surface area contributed by atoms with E-state index >= 15 is 0 Å². The minimum atomic E-state index is -3.95. The molecule has 0 fully saturated rings. The Morgan fingerprint density at radius 3 is 2.00 bits per heavy atom. The lowest BCUT2D eigenvalue weighted by atomic mass is 9.99. The molecule has 0 aliphatic rings. The molecular formula is C9H21NO3S. The highest BCUT2D eigenvalue weighted by Gasteiger charge is 2.28. The first kappa shape index (κ1) is 13.9. The van der Waals surface area contributed by atoms with E-state index in [9.17, 15) is 8.42 Å². The Labute approximate surface area is 86.6 Å². The third kappa shape index (κ3) is 4.93. The van der Waals surface area contributed by atoms with Crippen molar-refractivity contribution in [1.82, 2.24) is 0 Å². The van der Waals surface area contributed by atoms with Gasteiger partial charge in [0, 0.05) is 0 Å². The van der Waals surface area contributed by atoms with Crippen molar-refractivity contribution >= 4 is 10.1 Å². The van der Waals surface area contributed by atoms with E-state index in [1.807, 2.05) is 13.8 Å². The summed E-state index contributed by atoms with van der Waals surface area (Å²) in [4.78, 5) is 0. The molecule has 0 aliphatic heterocycles. The normalized spacial score (nSPS) is 17.0. The van der Waals surface area contributed by atoms with Crippen molar-refractivity contribution in [3.05, 3.63) is 0 Å². The maximum Gasteiger partial charge on any atom is 0.268 e. The Hall–Kier alpha value is -0.130. The first-order valence-electron chi connectivity index (χ1n) is 4.95. The van der Waals surface area contributed by atoms with Crippen LogP contribution < -0.4 is 5.73 Å². The van der Waals surface area contributed by atoms with Crippen LogP contribution >= 0.6 is 0 Å². The maximum absolute atomic E-state index is 11.0. The van der Waals surface area contributed by atoms with E-state index in [1.165, 1.54) is 0 Å². The van der Waals surface area contributed by atoms with Gasteiger partial charge < -0.3 is 5.73 Å². The summed E-state index contributed by atoms with van der Waals surface area (Å²) in [5.41, 5.74) is 5.40. The summed E-state index contributed by atoms with van der Waals surface area (Å²) in [7, 11) is -3.95. The number of hydrogen-bond donors (Lipinski definition) is 2. The highest BCUT2D eigenvalue weighted by molar-refractivity contribution is 7.86. The zero-order valence-corrected chi connectivity index (χ0v) is 9.92. The molecule has 0 heterocycles. The summed E-state index contributed by atoms with van der Waals surface area (Å²) in [6.07, 6.45) is 1.27. The van der Waals surface area contributed by atoms with Gasteiger partial charge in [-0.1, -0.05) is 20.8 Å². The minimum Gasteiger partial charge on any atom is -0.330 e.